The van der Waals surface area contributed by atoms with Gasteiger partial charge >= 0.3 is 0 Å². The fourth-order valence-corrected chi connectivity index (χ4v) is 2.01. The van der Waals surface area contributed by atoms with Crippen molar-refractivity contribution in [2.75, 3.05) is 6.61 Å². The number of benzene rings is 1. The minimum atomic E-state index is -0.253. The number of hydrogen-bond donors (Lipinski definition) is 1. The van der Waals surface area contributed by atoms with E-state index in [2.05, 4.69) is 5.32 Å². The molecule has 0 aromatic heterocycles. The maximum atomic E-state index is 11.7. The molecule has 2 rings (SSSR count). The Labute approximate surface area is 106 Å². The Morgan fingerprint density at radius 1 is 1.35 bits per heavy atom. The van der Waals surface area contributed by atoms with Crippen molar-refractivity contribution in [3.8, 4) is 0 Å². The molecule has 1 atom stereocenters. The van der Waals surface area contributed by atoms with Gasteiger partial charge in [0, 0.05) is 19.0 Å². The van der Waals surface area contributed by atoms with Crippen LogP contribution in [0.15, 0.2) is 24.3 Å². The van der Waals surface area contributed by atoms with Crippen LogP contribution in [0.3, 0.4) is 0 Å². The Morgan fingerprint density at radius 2 is 2.06 bits per heavy atom. The predicted octanol–water partition coefficient (Wildman–Crippen LogP) is 2.22. The highest BCUT2D eigenvalue weighted by Gasteiger charge is 2.22. The van der Waals surface area contributed by atoms with Crippen LogP contribution in [-0.4, -0.2) is 18.6 Å². The van der Waals surface area contributed by atoms with Crippen LogP contribution in [0.4, 0.5) is 0 Å². The second-order valence-corrected chi connectivity index (χ2v) is 4.44. The van der Waals surface area contributed by atoms with E-state index in [-0.39, 0.29) is 12.0 Å². The minimum Gasteiger partial charge on any atom is -0.368 e. The zero-order valence-electron chi connectivity index (χ0n) is 9.62. The first-order valence-corrected chi connectivity index (χ1v) is 6.36. The molecule has 1 aromatic rings. The summed E-state index contributed by atoms with van der Waals surface area (Å²) in [5, 5.41) is 2.88. The van der Waals surface area contributed by atoms with Crippen LogP contribution in [0.25, 0.3) is 0 Å². The van der Waals surface area contributed by atoms with Gasteiger partial charge in [-0.15, -0.1) is 11.6 Å². The van der Waals surface area contributed by atoms with Crippen LogP contribution >= 0.6 is 11.6 Å². The standard InChI is InChI=1S/C13H16ClNO2/c14-8-10-3-5-11(6-4-10)9-15-13(16)12-2-1-7-17-12/h3-6,12H,1-2,7-9H2,(H,15,16). The Hall–Kier alpha value is -1.06. The van der Waals surface area contributed by atoms with E-state index in [0.29, 0.717) is 19.0 Å². The fraction of sp³-hybridized carbons (Fsp3) is 0.462. The van der Waals surface area contributed by atoms with Gasteiger partial charge in [-0.1, -0.05) is 24.3 Å². The predicted molar refractivity (Wildman–Crippen MR) is 66.8 cm³/mol. The molecule has 92 valence electrons. The molecule has 1 heterocycles. The number of alkyl halides is 1. The number of halogens is 1. The van der Waals surface area contributed by atoms with Gasteiger partial charge in [-0.2, -0.15) is 0 Å². The first-order chi connectivity index (χ1) is 8.29. The first kappa shape index (κ1) is 12.4. The van der Waals surface area contributed by atoms with E-state index in [1.807, 2.05) is 24.3 Å². The number of carbonyl (C=O) groups excluding carboxylic acids is 1. The monoisotopic (exact) mass is 253 g/mol. The molecule has 1 N–H and O–H groups in total. The van der Waals surface area contributed by atoms with Crippen molar-refractivity contribution in [1.82, 2.24) is 5.32 Å². The number of hydrogen-bond acceptors (Lipinski definition) is 2. The summed E-state index contributed by atoms with van der Waals surface area (Å²) < 4.78 is 5.31. The second-order valence-electron chi connectivity index (χ2n) is 4.17. The van der Waals surface area contributed by atoms with E-state index < -0.39 is 0 Å². The van der Waals surface area contributed by atoms with E-state index in [1.165, 1.54) is 0 Å². The molecule has 0 spiro atoms. The molecule has 1 saturated heterocycles. The van der Waals surface area contributed by atoms with Gasteiger partial charge in [0.2, 0.25) is 5.91 Å². The average molecular weight is 254 g/mol. The van der Waals surface area contributed by atoms with Gasteiger partial charge in [0.05, 0.1) is 0 Å². The van der Waals surface area contributed by atoms with Crippen LogP contribution in [0.1, 0.15) is 24.0 Å². The lowest BCUT2D eigenvalue weighted by molar-refractivity contribution is -0.130. The van der Waals surface area contributed by atoms with E-state index in [0.717, 1.165) is 24.0 Å². The highest BCUT2D eigenvalue weighted by molar-refractivity contribution is 6.17. The molecule has 1 aliphatic heterocycles. The van der Waals surface area contributed by atoms with Crippen LogP contribution in [0.2, 0.25) is 0 Å². The van der Waals surface area contributed by atoms with E-state index in [9.17, 15) is 4.79 Å². The minimum absolute atomic E-state index is 0.0103. The van der Waals surface area contributed by atoms with Crippen LogP contribution in [-0.2, 0) is 22.0 Å². The fourth-order valence-electron chi connectivity index (χ4n) is 1.83. The molecule has 1 aromatic carbocycles. The molecule has 1 unspecified atom stereocenters. The normalized spacial score (nSPS) is 19.2. The lowest BCUT2D eigenvalue weighted by Crippen LogP contribution is -2.33. The number of rotatable bonds is 4. The number of ether oxygens (including phenoxy) is 1. The molecule has 0 radical (unpaired) electrons. The van der Waals surface area contributed by atoms with Crippen molar-refractivity contribution in [2.24, 2.45) is 0 Å². The SMILES string of the molecule is O=C(NCc1ccc(CCl)cc1)C1CCCO1. The second kappa shape index (κ2) is 6.03. The van der Waals surface area contributed by atoms with Crippen molar-refractivity contribution < 1.29 is 9.53 Å². The van der Waals surface area contributed by atoms with Gasteiger partial charge in [0.15, 0.2) is 0 Å². The van der Waals surface area contributed by atoms with Crippen LogP contribution in [0, 0.1) is 0 Å². The van der Waals surface area contributed by atoms with Crippen molar-refractivity contribution in [3.05, 3.63) is 35.4 Å². The Morgan fingerprint density at radius 3 is 2.65 bits per heavy atom. The Kier molecular flexibility index (Phi) is 4.40. The lowest BCUT2D eigenvalue weighted by Gasteiger charge is -2.10. The molecule has 0 aliphatic carbocycles. The smallest absolute Gasteiger partial charge is 0.249 e. The van der Waals surface area contributed by atoms with Gasteiger partial charge in [0.25, 0.3) is 0 Å². The third-order valence-electron chi connectivity index (χ3n) is 2.87. The summed E-state index contributed by atoms with van der Waals surface area (Å²) in [6.45, 7) is 1.24. The largest absolute Gasteiger partial charge is 0.368 e. The van der Waals surface area contributed by atoms with E-state index in [1.54, 1.807) is 0 Å². The van der Waals surface area contributed by atoms with Crippen molar-refractivity contribution in [3.63, 3.8) is 0 Å². The molecule has 3 nitrogen and oxygen atoms in total. The van der Waals surface area contributed by atoms with Crippen molar-refractivity contribution in [2.45, 2.75) is 31.4 Å². The van der Waals surface area contributed by atoms with Crippen molar-refractivity contribution in [1.29, 1.82) is 0 Å². The summed E-state index contributed by atoms with van der Waals surface area (Å²) in [7, 11) is 0. The molecule has 0 bridgehead atoms. The molecule has 1 fully saturated rings. The average Bonchev–Trinajstić information content (AvgIpc) is 2.90. The van der Waals surface area contributed by atoms with E-state index >= 15 is 0 Å². The molecule has 0 saturated carbocycles. The quantitative estimate of drug-likeness (QED) is 0.836. The zero-order chi connectivity index (χ0) is 12.1. The number of carbonyl (C=O) groups is 1. The van der Waals surface area contributed by atoms with Gasteiger partial charge < -0.3 is 10.1 Å². The molecule has 1 amide bonds. The molecule has 1 aliphatic rings. The highest BCUT2D eigenvalue weighted by Crippen LogP contribution is 2.12. The molecular weight excluding hydrogens is 238 g/mol. The summed E-state index contributed by atoms with van der Waals surface area (Å²) in [5.74, 6) is 0.506. The lowest BCUT2D eigenvalue weighted by atomic mass is 10.1. The van der Waals surface area contributed by atoms with Crippen LogP contribution < -0.4 is 5.32 Å². The Bertz CT molecular complexity index is 372. The zero-order valence-corrected chi connectivity index (χ0v) is 10.4. The van der Waals surface area contributed by atoms with Gasteiger partial charge in [-0.05, 0) is 24.0 Å². The first-order valence-electron chi connectivity index (χ1n) is 5.82. The molecule has 4 heteroatoms. The highest BCUT2D eigenvalue weighted by atomic mass is 35.5. The molecular formula is C13H16ClNO2. The number of amides is 1. The Balaban J connectivity index is 1.82. The maximum Gasteiger partial charge on any atom is 0.249 e. The summed E-state index contributed by atoms with van der Waals surface area (Å²) in [6, 6.07) is 7.90. The topological polar surface area (TPSA) is 38.3 Å². The summed E-state index contributed by atoms with van der Waals surface area (Å²) in [6.07, 6.45) is 1.55. The number of nitrogens with one attached hydrogen (secondary N) is 1. The third-order valence-corrected chi connectivity index (χ3v) is 3.17. The third kappa shape index (κ3) is 3.45. The molecule has 17 heavy (non-hydrogen) atoms. The summed E-state index contributed by atoms with van der Waals surface area (Å²) in [4.78, 5) is 11.7. The van der Waals surface area contributed by atoms with E-state index in [4.69, 9.17) is 16.3 Å². The maximum absolute atomic E-state index is 11.7. The summed E-state index contributed by atoms with van der Waals surface area (Å²) in [5.41, 5.74) is 2.16. The van der Waals surface area contributed by atoms with Gasteiger partial charge in [-0.3, -0.25) is 4.79 Å². The van der Waals surface area contributed by atoms with Crippen molar-refractivity contribution >= 4 is 17.5 Å². The summed E-state index contributed by atoms with van der Waals surface area (Å²) >= 11 is 5.71. The van der Waals surface area contributed by atoms with Gasteiger partial charge in [0.1, 0.15) is 6.10 Å². The van der Waals surface area contributed by atoms with Crippen LogP contribution in [0.5, 0.6) is 0 Å². The van der Waals surface area contributed by atoms with Gasteiger partial charge in [-0.25, -0.2) is 0 Å².